The van der Waals surface area contributed by atoms with E-state index < -0.39 is 11.7 Å². The highest BCUT2D eigenvalue weighted by molar-refractivity contribution is 6.09. The predicted octanol–water partition coefficient (Wildman–Crippen LogP) is 3.04. The van der Waals surface area contributed by atoms with Crippen molar-refractivity contribution in [2.75, 3.05) is 20.5 Å². The summed E-state index contributed by atoms with van der Waals surface area (Å²) in [4.78, 5) is 13.7. The quantitative estimate of drug-likeness (QED) is 0.655. The van der Waals surface area contributed by atoms with Gasteiger partial charge in [-0.1, -0.05) is 0 Å². The van der Waals surface area contributed by atoms with Gasteiger partial charge in [-0.2, -0.15) is 0 Å². The molecule has 0 saturated carbocycles. The summed E-state index contributed by atoms with van der Waals surface area (Å²) in [5.41, 5.74) is 0.367. The molecule has 27 heavy (non-hydrogen) atoms. The number of carbonyl (C=O) groups is 1. The summed E-state index contributed by atoms with van der Waals surface area (Å²) in [5.74, 6) is 1.96. The third kappa shape index (κ3) is 1.77. The zero-order valence-corrected chi connectivity index (χ0v) is 14.3. The average Bonchev–Trinajstić information content (AvgIpc) is 3.33. The van der Waals surface area contributed by atoms with Crippen molar-refractivity contribution in [1.29, 1.82) is 0 Å². The largest absolute Gasteiger partial charge is 0.489 e. The van der Waals surface area contributed by atoms with E-state index in [4.69, 9.17) is 28.1 Å². The Balaban J connectivity index is 1.60. The standard InChI is InChI=1S/C20H14O7/c1-22-20-12-5-16-17(26-9-25-16)7-15(12)24-8-18(20)27-14-6-13-10(2-3-23-13)4-11(14)19(20)21/h2-7,18H,8-9H2,1H3/t18-,20+/m1/s1. The number of benzene rings is 2. The van der Waals surface area contributed by atoms with Crippen molar-refractivity contribution in [1.82, 2.24) is 0 Å². The van der Waals surface area contributed by atoms with E-state index in [1.54, 1.807) is 30.5 Å². The van der Waals surface area contributed by atoms with Crippen molar-refractivity contribution in [3.63, 3.8) is 0 Å². The maximum atomic E-state index is 13.7. The van der Waals surface area contributed by atoms with E-state index in [1.165, 1.54) is 7.11 Å². The predicted molar refractivity (Wildman–Crippen MR) is 91.7 cm³/mol. The van der Waals surface area contributed by atoms with Crippen LogP contribution >= 0.6 is 0 Å². The highest BCUT2D eigenvalue weighted by Gasteiger charge is 2.58. The fraction of sp³-hybridized carbons (Fsp3) is 0.250. The average molecular weight is 366 g/mol. The summed E-state index contributed by atoms with van der Waals surface area (Å²) in [6.07, 6.45) is 0.946. The van der Waals surface area contributed by atoms with Gasteiger partial charge in [0.15, 0.2) is 23.2 Å². The molecule has 2 aromatic carbocycles. The second-order valence-electron chi connectivity index (χ2n) is 6.69. The van der Waals surface area contributed by atoms with E-state index in [9.17, 15) is 4.79 Å². The second-order valence-corrected chi connectivity index (χ2v) is 6.69. The van der Waals surface area contributed by atoms with Gasteiger partial charge in [0.25, 0.3) is 0 Å². The van der Waals surface area contributed by atoms with Crippen molar-refractivity contribution in [2.45, 2.75) is 11.7 Å². The Bertz CT molecular complexity index is 1110. The molecule has 7 nitrogen and oxygen atoms in total. The van der Waals surface area contributed by atoms with Crippen LogP contribution in [0.15, 0.2) is 41.0 Å². The highest BCUT2D eigenvalue weighted by Crippen LogP contribution is 2.51. The van der Waals surface area contributed by atoms with Gasteiger partial charge in [-0.05, 0) is 18.2 Å². The van der Waals surface area contributed by atoms with Crippen molar-refractivity contribution in [3.8, 4) is 23.0 Å². The van der Waals surface area contributed by atoms with Gasteiger partial charge in [0, 0.05) is 30.2 Å². The Labute approximate surface area is 153 Å². The summed E-state index contributed by atoms with van der Waals surface area (Å²) < 4.78 is 34.2. The maximum Gasteiger partial charge on any atom is 0.231 e. The Morgan fingerprint density at radius 3 is 2.74 bits per heavy atom. The molecule has 0 fully saturated rings. The molecule has 3 aromatic rings. The lowest BCUT2D eigenvalue weighted by atomic mass is 9.77. The number of carbonyl (C=O) groups excluding carboxylic acids is 1. The minimum absolute atomic E-state index is 0.132. The normalized spacial score (nSPS) is 24.6. The zero-order valence-electron chi connectivity index (χ0n) is 14.3. The molecule has 0 radical (unpaired) electrons. The van der Waals surface area contributed by atoms with E-state index in [2.05, 4.69) is 0 Å². The smallest absolute Gasteiger partial charge is 0.231 e. The maximum absolute atomic E-state index is 13.7. The molecular weight excluding hydrogens is 352 g/mol. The molecule has 0 bridgehead atoms. The van der Waals surface area contributed by atoms with E-state index in [1.807, 2.05) is 6.07 Å². The summed E-state index contributed by atoms with van der Waals surface area (Å²) in [5, 5.41) is 0.827. The first kappa shape index (κ1) is 14.9. The minimum Gasteiger partial charge on any atom is -0.489 e. The minimum atomic E-state index is -1.32. The van der Waals surface area contributed by atoms with Crippen LogP contribution in [0.2, 0.25) is 0 Å². The molecule has 136 valence electrons. The lowest BCUT2D eigenvalue weighted by Crippen LogP contribution is -2.58. The van der Waals surface area contributed by atoms with E-state index in [-0.39, 0.29) is 19.2 Å². The molecule has 1 aromatic heterocycles. The van der Waals surface area contributed by atoms with Gasteiger partial charge in [0.1, 0.15) is 23.7 Å². The molecule has 0 saturated heterocycles. The Morgan fingerprint density at radius 2 is 1.89 bits per heavy atom. The number of ketones is 1. The molecule has 3 aliphatic heterocycles. The van der Waals surface area contributed by atoms with Crippen molar-refractivity contribution in [2.24, 2.45) is 0 Å². The van der Waals surface area contributed by atoms with E-state index in [0.29, 0.717) is 39.7 Å². The number of ether oxygens (including phenoxy) is 5. The van der Waals surface area contributed by atoms with Crippen LogP contribution in [0.4, 0.5) is 0 Å². The molecule has 3 aliphatic rings. The monoisotopic (exact) mass is 366 g/mol. The van der Waals surface area contributed by atoms with Crippen LogP contribution in [-0.4, -0.2) is 32.4 Å². The Morgan fingerprint density at radius 1 is 1.04 bits per heavy atom. The van der Waals surface area contributed by atoms with E-state index in [0.717, 1.165) is 5.39 Å². The topological polar surface area (TPSA) is 76.4 Å². The molecular formula is C20H14O7. The lowest BCUT2D eigenvalue weighted by Gasteiger charge is -2.45. The third-order valence-electron chi connectivity index (χ3n) is 5.45. The first-order valence-corrected chi connectivity index (χ1v) is 8.55. The fourth-order valence-electron chi connectivity index (χ4n) is 4.13. The van der Waals surface area contributed by atoms with Crippen LogP contribution in [0.5, 0.6) is 23.0 Å². The summed E-state index contributed by atoms with van der Waals surface area (Å²) in [7, 11) is 1.51. The fourth-order valence-corrected chi connectivity index (χ4v) is 4.13. The summed E-state index contributed by atoms with van der Waals surface area (Å²) >= 11 is 0. The molecule has 0 unspecified atom stereocenters. The van der Waals surface area contributed by atoms with Crippen LogP contribution in [0.3, 0.4) is 0 Å². The van der Waals surface area contributed by atoms with Crippen molar-refractivity contribution >= 4 is 16.8 Å². The van der Waals surface area contributed by atoms with Gasteiger partial charge in [-0.15, -0.1) is 0 Å². The molecule has 0 amide bonds. The van der Waals surface area contributed by atoms with Crippen LogP contribution in [0.25, 0.3) is 11.0 Å². The number of hydrogen-bond donors (Lipinski definition) is 0. The second kappa shape index (κ2) is 4.95. The van der Waals surface area contributed by atoms with Crippen molar-refractivity contribution in [3.05, 3.63) is 47.7 Å². The number of hydrogen-bond acceptors (Lipinski definition) is 7. The Kier molecular flexibility index (Phi) is 2.74. The lowest BCUT2D eigenvalue weighted by molar-refractivity contribution is -0.102. The number of furan rings is 1. The zero-order chi connectivity index (χ0) is 18.2. The third-order valence-corrected chi connectivity index (χ3v) is 5.45. The number of methoxy groups -OCH3 is 1. The van der Waals surface area contributed by atoms with Crippen LogP contribution in [-0.2, 0) is 10.3 Å². The number of Topliss-reactive ketones (excluding diaryl/α,β-unsaturated/α-hetero) is 1. The molecule has 0 spiro atoms. The van der Waals surface area contributed by atoms with Gasteiger partial charge in [-0.25, -0.2) is 0 Å². The molecule has 0 aliphatic carbocycles. The van der Waals surface area contributed by atoms with Gasteiger partial charge in [0.2, 0.25) is 12.6 Å². The first-order valence-electron chi connectivity index (χ1n) is 8.55. The van der Waals surface area contributed by atoms with Gasteiger partial charge in [0.05, 0.1) is 11.8 Å². The summed E-state index contributed by atoms with van der Waals surface area (Å²) in [6, 6.07) is 8.80. The van der Waals surface area contributed by atoms with E-state index >= 15 is 0 Å². The summed E-state index contributed by atoms with van der Waals surface area (Å²) in [6.45, 7) is 0.301. The van der Waals surface area contributed by atoms with Gasteiger partial charge in [-0.3, -0.25) is 4.79 Å². The van der Waals surface area contributed by atoms with Crippen LogP contribution in [0.1, 0.15) is 15.9 Å². The SMILES string of the molecule is CO[C@]12C(=O)c3cc4ccoc4cc3O[C@@H]1COc1cc3c(cc12)OCO3. The molecule has 4 heterocycles. The van der Waals surface area contributed by atoms with Crippen LogP contribution < -0.4 is 18.9 Å². The van der Waals surface area contributed by atoms with Crippen LogP contribution in [0, 0.1) is 0 Å². The van der Waals surface area contributed by atoms with Gasteiger partial charge >= 0.3 is 0 Å². The molecule has 7 heteroatoms. The molecule has 2 atom stereocenters. The first-order chi connectivity index (χ1) is 13.2. The Hall–Kier alpha value is -3.19. The number of fused-ring (bicyclic) bond motifs is 6. The number of rotatable bonds is 1. The molecule has 6 rings (SSSR count). The van der Waals surface area contributed by atoms with Crippen molar-refractivity contribution < 1.29 is 32.9 Å². The van der Waals surface area contributed by atoms with Gasteiger partial charge < -0.3 is 28.1 Å². The highest BCUT2D eigenvalue weighted by atomic mass is 16.7. The molecule has 0 N–H and O–H groups in total.